The van der Waals surface area contributed by atoms with Gasteiger partial charge in [-0.3, -0.25) is 4.79 Å². The van der Waals surface area contributed by atoms with Gasteiger partial charge in [0.2, 0.25) is 0 Å². The second-order valence-corrected chi connectivity index (χ2v) is 10.5. The Bertz CT molecular complexity index is 1110. The predicted molar refractivity (Wildman–Crippen MR) is 135 cm³/mol. The number of carbonyl (C=O) groups excluding carboxylic acids is 1. The van der Waals surface area contributed by atoms with Gasteiger partial charge in [0.05, 0.1) is 10.2 Å². The first-order chi connectivity index (χ1) is 15.7. The maximum absolute atomic E-state index is 12.0. The number of nitrogens with one attached hydrogen (secondary N) is 3. The molecule has 4 rings (SSSR count). The zero-order chi connectivity index (χ0) is 23.6. The molecule has 9 heteroatoms. The van der Waals surface area contributed by atoms with E-state index in [0.717, 1.165) is 58.6 Å². The van der Waals surface area contributed by atoms with Crippen molar-refractivity contribution in [2.24, 2.45) is 0 Å². The number of ether oxygens (including phenoxy) is 1. The van der Waals surface area contributed by atoms with Crippen LogP contribution in [0.4, 0.5) is 5.69 Å². The summed E-state index contributed by atoms with van der Waals surface area (Å²) in [6, 6.07) is 7.94. The molecular formula is C24H31BrN6O2. The van der Waals surface area contributed by atoms with Crippen LogP contribution < -0.4 is 15.4 Å². The average Bonchev–Trinajstić information content (AvgIpc) is 3.19. The lowest BCUT2D eigenvalue weighted by Crippen LogP contribution is -2.43. The topological polar surface area (TPSA) is 95.2 Å². The van der Waals surface area contributed by atoms with E-state index in [1.807, 2.05) is 45.0 Å². The molecule has 0 atom stereocenters. The smallest absolute Gasteiger partial charge is 0.258 e. The first kappa shape index (κ1) is 23.5. The molecule has 2 aromatic heterocycles. The minimum atomic E-state index is -0.282. The van der Waals surface area contributed by atoms with Gasteiger partial charge in [-0.2, -0.15) is 0 Å². The van der Waals surface area contributed by atoms with Crippen molar-refractivity contribution in [2.75, 3.05) is 32.1 Å². The van der Waals surface area contributed by atoms with Crippen LogP contribution in [0.1, 0.15) is 33.6 Å². The zero-order valence-electron chi connectivity index (χ0n) is 19.5. The van der Waals surface area contributed by atoms with Crippen LogP contribution in [0.2, 0.25) is 0 Å². The monoisotopic (exact) mass is 514 g/mol. The zero-order valence-corrected chi connectivity index (χ0v) is 21.1. The van der Waals surface area contributed by atoms with Crippen molar-refractivity contribution in [3.8, 4) is 17.1 Å². The van der Waals surface area contributed by atoms with Gasteiger partial charge < -0.3 is 25.3 Å². The van der Waals surface area contributed by atoms with E-state index < -0.39 is 0 Å². The van der Waals surface area contributed by atoms with E-state index in [-0.39, 0.29) is 18.1 Å². The number of anilines is 1. The van der Waals surface area contributed by atoms with Crippen molar-refractivity contribution >= 4 is 38.7 Å². The van der Waals surface area contributed by atoms with Gasteiger partial charge in [0.25, 0.3) is 5.91 Å². The fraction of sp³-hybridized carbons (Fsp3) is 0.458. The SMILES string of the molecule is CN1CCC(Nc2c(Br)cnc3[nH]c(-c4ccc(OCC(=O)NC(C)(C)C)cc4)nc23)CC1. The number of aromatic nitrogens is 3. The molecule has 0 unspecified atom stereocenters. The second-order valence-electron chi connectivity index (χ2n) is 9.60. The van der Waals surface area contributed by atoms with Crippen molar-refractivity contribution in [3.63, 3.8) is 0 Å². The number of aromatic amines is 1. The number of pyridine rings is 1. The molecular weight excluding hydrogens is 484 g/mol. The molecule has 8 nitrogen and oxygen atoms in total. The Morgan fingerprint density at radius 1 is 1.24 bits per heavy atom. The molecule has 1 saturated heterocycles. The Morgan fingerprint density at radius 3 is 2.61 bits per heavy atom. The van der Waals surface area contributed by atoms with Crippen LogP contribution in [0.3, 0.4) is 0 Å². The molecule has 3 heterocycles. The summed E-state index contributed by atoms with van der Waals surface area (Å²) in [4.78, 5) is 27.0. The first-order valence-electron chi connectivity index (χ1n) is 11.2. The summed E-state index contributed by atoms with van der Waals surface area (Å²) in [6.45, 7) is 7.97. The Labute approximate surface area is 202 Å². The highest BCUT2D eigenvalue weighted by Crippen LogP contribution is 2.32. The quantitative estimate of drug-likeness (QED) is 0.456. The van der Waals surface area contributed by atoms with E-state index in [0.29, 0.717) is 11.8 Å². The molecule has 33 heavy (non-hydrogen) atoms. The van der Waals surface area contributed by atoms with Crippen LogP contribution in [0.25, 0.3) is 22.6 Å². The summed E-state index contributed by atoms with van der Waals surface area (Å²) in [5.41, 5.74) is 3.17. The van der Waals surface area contributed by atoms with Crippen molar-refractivity contribution < 1.29 is 9.53 Å². The number of likely N-dealkylation sites (tertiary alicyclic amines) is 1. The number of hydrogen-bond donors (Lipinski definition) is 3. The van der Waals surface area contributed by atoms with E-state index in [4.69, 9.17) is 9.72 Å². The lowest BCUT2D eigenvalue weighted by atomic mass is 10.1. The number of nitrogens with zero attached hydrogens (tertiary/aromatic N) is 3. The van der Waals surface area contributed by atoms with E-state index in [2.05, 4.69) is 48.5 Å². The predicted octanol–water partition coefficient (Wildman–Crippen LogP) is 4.19. The number of amides is 1. The summed E-state index contributed by atoms with van der Waals surface area (Å²) in [7, 11) is 2.16. The van der Waals surface area contributed by atoms with E-state index >= 15 is 0 Å². The fourth-order valence-electron chi connectivity index (χ4n) is 3.87. The Balaban J connectivity index is 1.48. The molecule has 1 aromatic carbocycles. The number of imidazole rings is 1. The van der Waals surface area contributed by atoms with E-state index in [9.17, 15) is 4.79 Å². The van der Waals surface area contributed by atoms with Crippen LogP contribution in [-0.4, -0.2) is 64.1 Å². The molecule has 1 aliphatic rings. The van der Waals surface area contributed by atoms with Crippen LogP contribution in [0.5, 0.6) is 5.75 Å². The minimum absolute atomic E-state index is 0.0226. The summed E-state index contributed by atoms with van der Waals surface area (Å²) < 4.78 is 6.52. The van der Waals surface area contributed by atoms with Gasteiger partial charge >= 0.3 is 0 Å². The minimum Gasteiger partial charge on any atom is -0.484 e. The second kappa shape index (κ2) is 9.69. The number of rotatable bonds is 6. The Hall–Kier alpha value is -2.65. The standard InChI is InChI=1S/C24H31BrN6O2/c1-24(2,3)30-19(32)14-33-17-7-5-15(6-8-17)22-28-21-20(18(25)13-26-23(21)29-22)27-16-9-11-31(4)12-10-16/h5-8,13,16H,9-12,14H2,1-4H3,(H,30,32)(H2,26,27,28,29). The average molecular weight is 515 g/mol. The summed E-state index contributed by atoms with van der Waals surface area (Å²) in [5.74, 6) is 1.22. The molecule has 1 fully saturated rings. The number of halogens is 1. The van der Waals surface area contributed by atoms with Gasteiger partial charge in [0, 0.05) is 23.3 Å². The highest BCUT2D eigenvalue weighted by atomic mass is 79.9. The summed E-state index contributed by atoms with van der Waals surface area (Å²) in [6.07, 6.45) is 4.00. The van der Waals surface area contributed by atoms with Crippen LogP contribution in [-0.2, 0) is 4.79 Å². The third-order valence-corrected chi connectivity index (χ3v) is 6.15. The van der Waals surface area contributed by atoms with Crippen molar-refractivity contribution in [3.05, 3.63) is 34.9 Å². The maximum Gasteiger partial charge on any atom is 0.258 e. The van der Waals surface area contributed by atoms with Crippen LogP contribution in [0.15, 0.2) is 34.9 Å². The number of H-pyrrole nitrogens is 1. The van der Waals surface area contributed by atoms with Gasteiger partial charge in [0.15, 0.2) is 12.3 Å². The largest absolute Gasteiger partial charge is 0.484 e. The Morgan fingerprint density at radius 2 is 1.94 bits per heavy atom. The molecule has 3 aromatic rings. The molecule has 0 bridgehead atoms. The summed E-state index contributed by atoms with van der Waals surface area (Å²) in [5, 5.41) is 6.56. The van der Waals surface area contributed by atoms with Crippen molar-refractivity contribution in [1.82, 2.24) is 25.2 Å². The van der Waals surface area contributed by atoms with Gasteiger partial charge in [-0.1, -0.05) is 0 Å². The number of benzene rings is 1. The molecule has 3 N–H and O–H groups in total. The lowest BCUT2D eigenvalue weighted by molar-refractivity contribution is -0.124. The third-order valence-electron chi connectivity index (χ3n) is 5.55. The normalized spacial score (nSPS) is 15.5. The fourth-order valence-corrected chi connectivity index (χ4v) is 4.28. The highest BCUT2D eigenvalue weighted by Gasteiger charge is 2.20. The van der Waals surface area contributed by atoms with Gasteiger partial charge in [-0.25, -0.2) is 9.97 Å². The Kier molecular flexibility index (Phi) is 6.90. The molecule has 0 saturated carbocycles. The third kappa shape index (κ3) is 6.03. The van der Waals surface area contributed by atoms with Gasteiger partial charge in [0.1, 0.15) is 17.1 Å². The molecule has 176 valence electrons. The molecule has 1 amide bonds. The van der Waals surface area contributed by atoms with Crippen LogP contribution in [0, 0.1) is 0 Å². The molecule has 1 aliphatic heterocycles. The van der Waals surface area contributed by atoms with Gasteiger partial charge in [-0.15, -0.1) is 0 Å². The van der Waals surface area contributed by atoms with Crippen LogP contribution >= 0.6 is 15.9 Å². The summed E-state index contributed by atoms with van der Waals surface area (Å²) >= 11 is 3.64. The number of hydrogen-bond acceptors (Lipinski definition) is 6. The highest BCUT2D eigenvalue weighted by molar-refractivity contribution is 9.10. The molecule has 0 radical (unpaired) electrons. The van der Waals surface area contributed by atoms with E-state index in [1.165, 1.54) is 0 Å². The lowest BCUT2D eigenvalue weighted by Gasteiger charge is -2.30. The first-order valence-corrected chi connectivity index (χ1v) is 12.0. The van der Waals surface area contributed by atoms with E-state index in [1.54, 1.807) is 6.20 Å². The van der Waals surface area contributed by atoms with Crippen molar-refractivity contribution in [1.29, 1.82) is 0 Å². The number of fused-ring (bicyclic) bond motifs is 1. The van der Waals surface area contributed by atoms with Gasteiger partial charge in [-0.05, 0) is 93.9 Å². The molecule has 0 aliphatic carbocycles. The van der Waals surface area contributed by atoms with Crippen molar-refractivity contribution in [2.45, 2.75) is 45.2 Å². The number of carbonyl (C=O) groups is 1. The maximum atomic E-state index is 12.0. The molecule has 0 spiro atoms. The number of piperidine rings is 1.